The van der Waals surface area contributed by atoms with Crippen LogP contribution in [-0.2, 0) is 0 Å². The van der Waals surface area contributed by atoms with Crippen LogP contribution in [-0.4, -0.2) is 35.6 Å². The van der Waals surface area contributed by atoms with E-state index in [4.69, 9.17) is 5.73 Å². The standard InChI is InChI=1S/C21H22N8/c22-20-19(17-10-18(26-13-25-17)27-16-4-2-1-3-5-16)21-24-11-15(12-29(21)28-20)14-6-8-23-9-7-14/h6-13,16H,1-5H2,(H2,22,28)(H,25,26,27). The second-order valence-corrected chi connectivity index (χ2v) is 7.37. The molecule has 4 aromatic rings. The Morgan fingerprint density at radius 1 is 1.00 bits per heavy atom. The molecule has 8 heteroatoms. The van der Waals surface area contributed by atoms with Crippen molar-refractivity contribution in [1.82, 2.24) is 29.5 Å². The van der Waals surface area contributed by atoms with Gasteiger partial charge >= 0.3 is 0 Å². The van der Waals surface area contributed by atoms with E-state index in [2.05, 4.69) is 30.4 Å². The Labute approximate surface area is 168 Å². The molecular formula is C21H22N8. The Kier molecular flexibility index (Phi) is 4.51. The number of nitrogen functional groups attached to an aromatic ring is 1. The first-order valence-corrected chi connectivity index (χ1v) is 9.91. The van der Waals surface area contributed by atoms with E-state index in [1.807, 2.05) is 30.6 Å². The molecule has 0 bridgehead atoms. The summed E-state index contributed by atoms with van der Waals surface area (Å²) in [5, 5.41) is 7.99. The molecule has 146 valence electrons. The summed E-state index contributed by atoms with van der Waals surface area (Å²) in [6.45, 7) is 0. The molecule has 0 amide bonds. The molecule has 1 aliphatic rings. The van der Waals surface area contributed by atoms with Gasteiger partial charge in [-0.05, 0) is 30.5 Å². The van der Waals surface area contributed by atoms with Gasteiger partial charge in [-0.3, -0.25) is 4.98 Å². The molecule has 1 saturated carbocycles. The summed E-state index contributed by atoms with van der Waals surface area (Å²) in [5.41, 5.74) is 10.3. The van der Waals surface area contributed by atoms with Crippen molar-refractivity contribution in [2.45, 2.75) is 38.1 Å². The average molecular weight is 386 g/mol. The number of fused-ring (bicyclic) bond motifs is 1. The van der Waals surface area contributed by atoms with Crippen molar-refractivity contribution in [2.24, 2.45) is 0 Å². The maximum absolute atomic E-state index is 6.25. The quantitative estimate of drug-likeness (QED) is 0.552. The lowest BCUT2D eigenvalue weighted by Gasteiger charge is -2.23. The van der Waals surface area contributed by atoms with Gasteiger partial charge in [0.1, 0.15) is 12.1 Å². The minimum atomic E-state index is 0.395. The van der Waals surface area contributed by atoms with Gasteiger partial charge in [-0.15, -0.1) is 5.10 Å². The molecule has 0 unspecified atom stereocenters. The molecule has 5 rings (SSSR count). The topological polar surface area (TPSA) is 107 Å². The predicted molar refractivity (Wildman–Crippen MR) is 112 cm³/mol. The van der Waals surface area contributed by atoms with E-state index in [0.29, 0.717) is 17.5 Å². The third kappa shape index (κ3) is 3.49. The minimum absolute atomic E-state index is 0.395. The summed E-state index contributed by atoms with van der Waals surface area (Å²) in [6.07, 6.45) is 15.0. The Morgan fingerprint density at radius 3 is 2.66 bits per heavy atom. The summed E-state index contributed by atoms with van der Waals surface area (Å²) in [4.78, 5) is 17.5. The van der Waals surface area contributed by atoms with Gasteiger partial charge in [-0.1, -0.05) is 19.3 Å². The zero-order chi connectivity index (χ0) is 19.6. The van der Waals surface area contributed by atoms with Crippen LogP contribution in [0.5, 0.6) is 0 Å². The Morgan fingerprint density at radius 2 is 1.83 bits per heavy atom. The first-order chi connectivity index (χ1) is 14.3. The monoisotopic (exact) mass is 386 g/mol. The SMILES string of the molecule is Nc1nn2cc(-c3ccncc3)cnc2c1-c1cc(NC2CCCCC2)ncn1. The molecule has 4 aromatic heterocycles. The number of hydrogen-bond acceptors (Lipinski definition) is 7. The molecule has 4 heterocycles. The van der Waals surface area contributed by atoms with Gasteiger partial charge in [0.2, 0.25) is 0 Å². The van der Waals surface area contributed by atoms with Crippen molar-refractivity contribution in [3.05, 3.63) is 49.3 Å². The van der Waals surface area contributed by atoms with Gasteiger partial charge in [0, 0.05) is 42.5 Å². The number of aromatic nitrogens is 6. The summed E-state index contributed by atoms with van der Waals surface area (Å²) in [5.74, 6) is 1.21. The van der Waals surface area contributed by atoms with Crippen molar-refractivity contribution in [3.8, 4) is 22.4 Å². The molecule has 0 saturated heterocycles. The van der Waals surface area contributed by atoms with Crippen LogP contribution in [0, 0.1) is 0 Å². The molecule has 29 heavy (non-hydrogen) atoms. The largest absolute Gasteiger partial charge is 0.382 e. The predicted octanol–water partition coefficient (Wildman–Crippen LogP) is 3.58. The van der Waals surface area contributed by atoms with E-state index in [1.54, 1.807) is 23.2 Å². The molecule has 0 radical (unpaired) electrons. The van der Waals surface area contributed by atoms with Crippen LogP contribution < -0.4 is 11.1 Å². The number of nitrogens with zero attached hydrogens (tertiary/aromatic N) is 6. The number of rotatable bonds is 4. The maximum Gasteiger partial charge on any atom is 0.166 e. The highest BCUT2D eigenvalue weighted by Crippen LogP contribution is 2.30. The van der Waals surface area contributed by atoms with E-state index < -0.39 is 0 Å². The third-order valence-electron chi connectivity index (χ3n) is 5.39. The van der Waals surface area contributed by atoms with E-state index in [0.717, 1.165) is 28.2 Å². The number of nitrogens with one attached hydrogen (secondary N) is 1. The lowest BCUT2D eigenvalue weighted by Crippen LogP contribution is -2.22. The van der Waals surface area contributed by atoms with Gasteiger partial charge in [-0.2, -0.15) is 0 Å². The highest BCUT2D eigenvalue weighted by molar-refractivity contribution is 5.85. The zero-order valence-corrected chi connectivity index (χ0v) is 16.0. The molecule has 1 fully saturated rings. The van der Waals surface area contributed by atoms with Crippen molar-refractivity contribution < 1.29 is 0 Å². The van der Waals surface area contributed by atoms with Crippen LogP contribution in [0.25, 0.3) is 28.0 Å². The van der Waals surface area contributed by atoms with Crippen molar-refractivity contribution >= 4 is 17.3 Å². The van der Waals surface area contributed by atoms with Crippen LogP contribution >= 0.6 is 0 Å². The van der Waals surface area contributed by atoms with Crippen molar-refractivity contribution in [2.75, 3.05) is 11.1 Å². The Hall–Kier alpha value is -3.55. The van der Waals surface area contributed by atoms with E-state index in [1.165, 1.54) is 32.1 Å². The molecule has 1 aliphatic carbocycles. The van der Waals surface area contributed by atoms with Crippen LogP contribution in [0.15, 0.2) is 49.3 Å². The highest BCUT2D eigenvalue weighted by atomic mass is 15.3. The third-order valence-corrected chi connectivity index (χ3v) is 5.39. The fourth-order valence-electron chi connectivity index (χ4n) is 3.92. The fraction of sp³-hybridized carbons (Fsp3) is 0.286. The van der Waals surface area contributed by atoms with Gasteiger partial charge in [0.15, 0.2) is 11.5 Å². The average Bonchev–Trinajstić information content (AvgIpc) is 3.10. The maximum atomic E-state index is 6.25. The summed E-state index contributed by atoms with van der Waals surface area (Å²) < 4.78 is 1.71. The number of hydrogen-bond donors (Lipinski definition) is 2. The highest BCUT2D eigenvalue weighted by Gasteiger charge is 2.18. The molecule has 0 aliphatic heterocycles. The van der Waals surface area contributed by atoms with E-state index in [-0.39, 0.29) is 0 Å². The second kappa shape index (κ2) is 7.46. The summed E-state index contributed by atoms with van der Waals surface area (Å²) >= 11 is 0. The zero-order valence-electron chi connectivity index (χ0n) is 16.0. The van der Waals surface area contributed by atoms with Gasteiger partial charge in [0.25, 0.3) is 0 Å². The smallest absolute Gasteiger partial charge is 0.166 e. The van der Waals surface area contributed by atoms with E-state index >= 15 is 0 Å². The van der Waals surface area contributed by atoms with Crippen LogP contribution in [0.4, 0.5) is 11.6 Å². The van der Waals surface area contributed by atoms with E-state index in [9.17, 15) is 0 Å². The van der Waals surface area contributed by atoms with Gasteiger partial charge in [0.05, 0.1) is 11.3 Å². The van der Waals surface area contributed by atoms with Crippen LogP contribution in [0.2, 0.25) is 0 Å². The number of anilines is 2. The van der Waals surface area contributed by atoms with Crippen molar-refractivity contribution in [3.63, 3.8) is 0 Å². The molecular weight excluding hydrogens is 364 g/mol. The summed E-state index contributed by atoms with van der Waals surface area (Å²) in [6, 6.07) is 6.27. The number of pyridine rings is 1. The lowest BCUT2D eigenvalue weighted by atomic mass is 9.95. The fourth-order valence-corrected chi connectivity index (χ4v) is 3.92. The Bertz CT molecular complexity index is 1130. The second-order valence-electron chi connectivity index (χ2n) is 7.37. The molecule has 0 aromatic carbocycles. The van der Waals surface area contributed by atoms with Gasteiger partial charge in [-0.25, -0.2) is 19.5 Å². The minimum Gasteiger partial charge on any atom is -0.382 e. The van der Waals surface area contributed by atoms with Gasteiger partial charge < -0.3 is 11.1 Å². The molecule has 0 spiro atoms. The first kappa shape index (κ1) is 17.5. The molecule has 8 nitrogen and oxygen atoms in total. The normalized spacial score (nSPS) is 14.9. The first-order valence-electron chi connectivity index (χ1n) is 9.91. The van der Waals surface area contributed by atoms with Crippen LogP contribution in [0.1, 0.15) is 32.1 Å². The number of nitrogens with two attached hydrogens (primary N) is 1. The Balaban J connectivity index is 1.50. The summed E-state index contributed by atoms with van der Waals surface area (Å²) in [7, 11) is 0. The molecule has 0 atom stereocenters. The lowest BCUT2D eigenvalue weighted by molar-refractivity contribution is 0.462. The molecule has 3 N–H and O–H groups in total. The van der Waals surface area contributed by atoms with Crippen molar-refractivity contribution in [1.29, 1.82) is 0 Å². The van der Waals surface area contributed by atoms with Crippen LogP contribution in [0.3, 0.4) is 0 Å².